The topological polar surface area (TPSA) is 65.8 Å². The van der Waals surface area contributed by atoms with Gasteiger partial charge in [0.2, 0.25) is 0 Å². The Morgan fingerprint density at radius 2 is 1.86 bits per heavy atom. The van der Waals surface area contributed by atoms with E-state index in [0.717, 1.165) is 36.7 Å². The quantitative estimate of drug-likeness (QED) is 0.448. The van der Waals surface area contributed by atoms with Gasteiger partial charge < -0.3 is 9.32 Å². The number of benzene rings is 1. The average Bonchev–Trinajstić information content (AvgIpc) is 3.33. The molecule has 2 fully saturated rings. The predicted molar refractivity (Wildman–Crippen MR) is 113 cm³/mol. The number of furan rings is 1. The van der Waals surface area contributed by atoms with E-state index in [-0.39, 0.29) is 20.7 Å². The Kier molecular flexibility index (Phi) is 5.14. The summed E-state index contributed by atoms with van der Waals surface area (Å²) >= 11 is 17.5. The lowest BCUT2D eigenvalue weighted by molar-refractivity contribution is -0.122. The van der Waals surface area contributed by atoms with Gasteiger partial charge in [0.25, 0.3) is 11.8 Å². The van der Waals surface area contributed by atoms with Crippen molar-refractivity contribution >= 4 is 70.0 Å². The summed E-state index contributed by atoms with van der Waals surface area (Å²) in [5.41, 5.74) is 0.194. The second kappa shape index (κ2) is 7.58. The lowest BCUT2D eigenvalue weighted by atomic mass is 10.1. The first-order chi connectivity index (χ1) is 13.5. The molecule has 0 radical (unpaired) electrons. The number of nitrogens with zero attached hydrogens (tertiary/aromatic N) is 2. The zero-order valence-corrected chi connectivity index (χ0v) is 16.9. The van der Waals surface area contributed by atoms with E-state index >= 15 is 0 Å². The van der Waals surface area contributed by atoms with Gasteiger partial charge in [-0.05, 0) is 49.3 Å². The van der Waals surface area contributed by atoms with Crippen molar-refractivity contribution in [2.24, 2.45) is 0 Å². The molecule has 4 rings (SSSR count). The third kappa shape index (κ3) is 3.41. The van der Waals surface area contributed by atoms with Crippen LogP contribution < -0.4 is 15.1 Å². The largest absolute Gasteiger partial charge is 0.441 e. The summed E-state index contributed by atoms with van der Waals surface area (Å²) in [5.74, 6) is -0.0656. The molecule has 28 heavy (non-hydrogen) atoms. The van der Waals surface area contributed by atoms with Gasteiger partial charge in [-0.2, -0.15) is 0 Å². The molecule has 9 heteroatoms. The van der Waals surface area contributed by atoms with E-state index in [9.17, 15) is 9.59 Å². The van der Waals surface area contributed by atoms with Crippen molar-refractivity contribution in [1.82, 2.24) is 5.32 Å². The van der Waals surface area contributed by atoms with Gasteiger partial charge in [0.15, 0.2) is 11.0 Å². The van der Waals surface area contributed by atoms with E-state index in [2.05, 4.69) is 10.2 Å². The molecular formula is C19H15Cl2N3O3S. The molecule has 1 N–H and O–H groups in total. The van der Waals surface area contributed by atoms with E-state index in [1.54, 1.807) is 24.3 Å². The highest BCUT2D eigenvalue weighted by Crippen LogP contribution is 2.34. The van der Waals surface area contributed by atoms with Gasteiger partial charge in [0.05, 0.1) is 15.7 Å². The van der Waals surface area contributed by atoms with Crippen LogP contribution >= 0.6 is 35.4 Å². The van der Waals surface area contributed by atoms with Crippen molar-refractivity contribution in [2.45, 2.75) is 12.8 Å². The summed E-state index contributed by atoms with van der Waals surface area (Å²) in [6.45, 7) is 1.86. The number of rotatable bonds is 3. The molecule has 0 unspecified atom stereocenters. The minimum Gasteiger partial charge on any atom is -0.441 e. The number of carbonyl (C=O) groups is 2. The minimum atomic E-state index is -0.600. The van der Waals surface area contributed by atoms with Crippen LogP contribution in [-0.4, -0.2) is 30.0 Å². The Balaban J connectivity index is 1.68. The number of hydrogen-bond donors (Lipinski definition) is 1. The van der Waals surface area contributed by atoms with E-state index in [4.69, 9.17) is 39.8 Å². The Hall–Kier alpha value is -2.35. The SMILES string of the molecule is O=C1NC(=S)N(c2cccc(Cl)c2Cl)C(=O)C1=Cc1ccc(N2CCCC2)o1. The maximum absolute atomic E-state index is 13.0. The summed E-state index contributed by atoms with van der Waals surface area (Å²) < 4.78 is 5.80. The van der Waals surface area contributed by atoms with Crippen molar-refractivity contribution in [1.29, 1.82) is 0 Å². The van der Waals surface area contributed by atoms with Crippen molar-refractivity contribution in [3.63, 3.8) is 0 Å². The molecule has 2 saturated heterocycles. The van der Waals surface area contributed by atoms with Crippen LogP contribution in [0, 0.1) is 0 Å². The number of halogens is 2. The fraction of sp³-hybridized carbons (Fsp3) is 0.211. The molecule has 0 bridgehead atoms. The fourth-order valence-electron chi connectivity index (χ4n) is 3.21. The lowest BCUT2D eigenvalue weighted by Gasteiger charge is -2.29. The van der Waals surface area contributed by atoms with E-state index in [1.165, 1.54) is 6.08 Å². The first-order valence-corrected chi connectivity index (χ1v) is 9.82. The number of hydrogen-bond acceptors (Lipinski definition) is 5. The van der Waals surface area contributed by atoms with Crippen LogP contribution in [0.2, 0.25) is 10.0 Å². The van der Waals surface area contributed by atoms with Crippen LogP contribution in [0.5, 0.6) is 0 Å². The van der Waals surface area contributed by atoms with E-state index in [0.29, 0.717) is 11.4 Å². The summed E-state index contributed by atoms with van der Waals surface area (Å²) in [6.07, 6.45) is 3.64. The molecule has 144 valence electrons. The van der Waals surface area contributed by atoms with Crippen LogP contribution in [0.3, 0.4) is 0 Å². The highest BCUT2D eigenvalue weighted by molar-refractivity contribution is 7.80. The number of anilines is 2. The highest BCUT2D eigenvalue weighted by Gasteiger charge is 2.36. The van der Waals surface area contributed by atoms with Gasteiger partial charge in [-0.25, -0.2) is 0 Å². The molecule has 0 aliphatic carbocycles. The van der Waals surface area contributed by atoms with Crippen molar-refractivity contribution in [2.75, 3.05) is 22.9 Å². The monoisotopic (exact) mass is 435 g/mol. The van der Waals surface area contributed by atoms with Gasteiger partial charge in [-0.15, -0.1) is 0 Å². The molecule has 0 saturated carbocycles. The zero-order valence-electron chi connectivity index (χ0n) is 14.6. The first kappa shape index (κ1) is 19.0. The second-order valence-electron chi connectivity index (χ2n) is 6.40. The first-order valence-electron chi connectivity index (χ1n) is 8.66. The third-order valence-corrected chi connectivity index (χ3v) is 5.68. The minimum absolute atomic E-state index is 0.0616. The smallest absolute Gasteiger partial charge is 0.270 e. The molecule has 2 aliphatic heterocycles. The Morgan fingerprint density at radius 3 is 2.61 bits per heavy atom. The molecule has 6 nitrogen and oxygen atoms in total. The Bertz CT molecular complexity index is 1010. The molecule has 3 heterocycles. The lowest BCUT2D eigenvalue weighted by Crippen LogP contribution is -2.54. The molecule has 0 atom stereocenters. The van der Waals surface area contributed by atoms with Gasteiger partial charge >= 0.3 is 0 Å². The van der Waals surface area contributed by atoms with Crippen LogP contribution in [0.4, 0.5) is 11.6 Å². The Morgan fingerprint density at radius 1 is 1.11 bits per heavy atom. The fourth-order valence-corrected chi connectivity index (χ4v) is 3.86. The predicted octanol–water partition coefficient (Wildman–Crippen LogP) is 4.02. The van der Waals surface area contributed by atoms with Gasteiger partial charge in [0, 0.05) is 19.2 Å². The summed E-state index contributed by atoms with van der Waals surface area (Å²) in [4.78, 5) is 28.7. The summed E-state index contributed by atoms with van der Waals surface area (Å²) in [7, 11) is 0. The zero-order chi connectivity index (χ0) is 19.8. The number of carbonyl (C=O) groups excluding carboxylic acids is 2. The van der Waals surface area contributed by atoms with Crippen LogP contribution in [-0.2, 0) is 9.59 Å². The van der Waals surface area contributed by atoms with Crippen LogP contribution in [0.25, 0.3) is 6.08 Å². The molecule has 1 aromatic heterocycles. The standard InChI is InChI=1S/C19H15Cl2N3O3S/c20-13-4-3-5-14(16(13)21)24-18(26)12(17(25)22-19(24)28)10-11-6-7-15(27-11)23-8-1-2-9-23/h3-7,10H,1-2,8-9H2,(H,22,25,28). The van der Waals surface area contributed by atoms with Gasteiger partial charge in [0.1, 0.15) is 11.3 Å². The molecular weight excluding hydrogens is 421 g/mol. The van der Waals surface area contributed by atoms with Crippen LogP contribution in [0.15, 0.2) is 40.3 Å². The normalized spacial score (nSPS) is 18.9. The molecule has 2 aromatic rings. The number of thiocarbonyl (C=S) groups is 1. The third-order valence-electron chi connectivity index (χ3n) is 4.59. The molecule has 1 aromatic carbocycles. The average molecular weight is 436 g/mol. The molecule has 0 spiro atoms. The maximum Gasteiger partial charge on any atom is 0.270 e. The maximum atomic E-state index is 13.0. The summed E-state index contributed by atoms with van der Waals surface area (Å²) in [6, 6.07) is 8.41. The van der Waals surface area contributed by atoms with Crippen molar-refractivity contribution < 1.29 is 14.0 Å². The highest BCUT2D eigenvalue weighted by atomic mass is 35.5. The molecule has 2 amide bonds. The Labute approximate surface area is 176 Å². The van der Waals surface area contributed by atoms with Gasteiger partial charge in [-0.1, -0.05) is 29.3 Å². The van der Waals surface area contributed by atoms with E-state index < -0.39 is 11.8 Å². The molecule has 2 aliphatic rings. The summed E-state index contributed by atoms with van der Waals surface area (Å²) in [5, 5.41) is 2.90. The van der Waals surface area contributed by atoms with Gasteiger partial charge in [-0.3, -0.25) is 19.8 Å². The number of amides is 2. The van der Waals surface area contributed by atoms with Crippen LogP contribution in [0.1, 0.15) is 18.6 Å². The van der Waals surface area contributed by atoms with E-state index in [1.807, 2.05) is 6.07 Å². The number of nitrogens with one attached hydrogen (secondary N) is 1. The van der Waals surface area contributed by atoms with Crippen molar-refractivity contribution in [3.8, 4) is 0 Å². The second-order valence-corrected chi connectivity index (χ2v) is 7.57. The van der Waals surface area contributed by atoms with Crippen molar-refractivity contribution in [3.05, 3.63) is 51.7 Å².